The van der Waals surface area contributed by atoms with E-state index in [9.17, 15) is 13.2 Å². The maximum absolute atomic E-state index is 12.4. The Balaban J connectivity index is 2.39. The van der Waals surface area contributed by atoms with Crippen molar-refractivity contribution in [2.45, 2.75) is 4.90 Å². The van der Waals surface area contributed by atoms with Crippen LogP contribution in [0.3, 0.4) is 0 Å². The molecule has 20 heavy (non-hydrogen) atoms. The summed E-state index contributed by atoms with van der Waals surface area (Å²) in [6.45, 7) is 0.276. The largest absolute Gasteiger partial charge is 0.389 e. The Morgan fingerprint density at radius 2 is 2.15 bits per heavy atom. The molecule has 2 rings (SSSR count). The van der Waals surface area contributed by atoms with E-state index in [2.05, 4.69) is 5.32 Å². The van der Waals surface area contributed by atoms with Gasteiger partial charge in [0.25, 0.3) is 0 Å². The molecule has 1 saturated heterocycles. The highest BCUT2D eigenvalue weighted by Gasteiger charge is 2.30. The van der Waals surface area contributed by atoms with Gasteiger partial charge in [-0.3, -0.25) is 4.79 Å². The van der Waals surface area contributed by atoms with E-state index < -0.39 is 10.0 Å². The number of benzene rings is 1. The molecule has 6 nitrogen and oxygen atoms in total. The standard InChI is InChI=1S/C11H12ClN3O3S2/c12-8-5-7(11(13)19)1-2-9(8)20(17,18)15-4-3-14-10(16)6-15/h1-2,5H,3-4,6H2,(H2,13,19)(H,14,16). The van der Waals surface area contributed by atoms with E-state index in [-0.39, 0.29) is 40.4 Å². The highest BCUT2D eigenvalue weighted by atomic mass is 35.5. The number of hydrogen-bond acceptors (Lipinski definition) is 4. The van der Waals surface area contributed by atoms with Crippen molar-refractivity contribution in [1.82, 2.24) is 9.62 Å². The maximum atomic E-state index is 12.4. The molecule has 1 aliphatic heterocycles. The van der Waals surface area contributed by atoms with Crippen LogP contribution in [0.4, 0.5) is 0 Å². The minimum Gasteiger partial charge on any atom is -0.389 e. The van der Waals surface area contributed by atoms with Crippen LogP contribution >= 0.6 is 23.8 Å². The fourth-order valence-corrected chi connectivity index (χ4v) is 3.87. The molecule has 0 bridgehead atoms. The summed E-state index contributed by atoms with van der Waals surface area (Å²) in [5.74, 6) is -0.337. The van der Waals surface area contributed by atoms with E-state index in [0.717, 1.165) is 4.31 Å². The molecule has 1 heterocycles. The van der Waals surface area contributed by atoms with Gasteiger partial charge in [0.2, 0.25) is 15.9 Å². The van der Waals surface area contributed by atoms with Gasteiger partial charge < -0.3 is 11.1 Å². The number of rotatable bonds is 3. The number of carbonyl (C=O) groups is 1. The third-order valence-corrected chi connectivity index (χ3v) is 5.40. The van der Waals surface area contributed by atoms with Gasteiger partial charge in [-0.15, -0.1) is 0 Å². The van der Waals surface area contributed by atoms with E-state index in [1.807, 2.05) is 0 Å². The van der Waals surface area contributed by atoms with Gasteiger partial charge in [-0.2, -0.15) is 4.31 Å². The zero-order chi connectivity index (χ0) is 14.9. The molecule has 3 N–H and O–H groups in total. The van der Waals surface area contributed by atoms with Crippen LogP contribution in [0, 0.1) is 0 Å². The summed E-state index contributed by atoms with van der Waals surface area (Å²) in [5, 5.41) is 2.59. The first kappa shape index (κ1) is 15.2. The van der Waals surface area contributed by atoms with Crippen LogP contribution in [-0.2, 0) is 14.8 Å². The summed E-state index contributed by atoms with van der Waals surface area (Å²) < 4.78 is 26.0. The van der Waals surface area contributed by atoms with Gasteiger partial charge in [-0.1, -0.05) is 29.9 Å². The first-order valence-corrected chi connectivity index (χ1v) is 7.91. The van der Waals surface area contributed by atoms with Gasteiger partial charge >= 0.3 is 0 Å². The summed E-state index contributed by atoms with van der Waals surface area (Å²) in [7, 11) is -3.81. The second-order valence-electron chi connectivity index (χ2n) is 4.20. The number of hydrogen-bond donors (Lipinski definition) is 2. The molecule has 1 fully saturated rings. The zero-order valence-electron chi connectivity index (χ0n) is 10.3. The maximum Gasteiger partial charge on any atom is 0.245 e. The van der Waals surface area contributed by atoms with E-state index in [0.29, 0.717) is 5.56 Å². The van der Waals surface area contributed by atoms with Crippen LogP contribution < -0.4 is 11.1 Å². The Hall–Kier alpha value is -1.22. The van der Waals surface area contributed by atoms with Crippen molar-refractivity contribution in [3.8, 4) is 0 Å². The predicted octanol–water partition coefficient (Wildman–Crippen LogP) is 0.0947. The Labute approximate surface area is 126 Å². The van der Waals surface area contributed by atoms with Gasteiger partial charge in [-0.05, 0) is 12.1 Å². The molecule has 0 aliphatic carbocycles. The average molecular weight is 334 g/mol. The number of halogens is 1. The molecule has 1 amide bonds. The Morgan fingerprint density at radius 3 is 2.70 bits per heavy atom. The van der Waals surface area contributed by atoms with E-state index >= 15 is 0 Å². The van der Waals surface area contributed by atoms with Crippen LogP contribution in [-0.4, -0.2) is 43.3 Å². The molecule has 0 spiro atoms. The topological polar surface area (TPSA) is 92.5 Å². The minimum atomic E-state index is -3.81. The SMILES string of the molecule is NC(=S)c1ccc(S(=O)(=O)N2CCNC(=O)C2)c(Cl)c1. The smallest absolute Gasteiger partial charge is 0.245 e. The summed E-state index contributed by atoms with van der Waals surface area (Å²) in [4.78, 5) is 11.4. The number of nitrogens with zero attached hydrogens (tertiary/aromatic N) is 1. The lowest BCUT2D eigenvalue weighted by Crippen LogP contribution is -2.49. The highest BCUT2D eigenvalue weighted by molar-refractivity contribution is 7.89. The zero-order valence-corrected chi connectivity index (χ0v) is 12.7. The van der Waals surface area contributed by atoms with Crippen molar-refractivity contribution in [1.29, 1.82) is 0 Å². The molecule has 1 aliphatic rings. The molecule has 9 heteroatoms. The van der Waals surface area contributed by atoms with Crippen molar-refractivity contribution < 1.29 is 13.2 Å². The highest BCUT2D eigenvalue weighted by Crippen LogP contribution is 2.26. The summed E-state index contributed by atoms with van der Waals surface area (Å²) in [6, 6.07) is 4.24. The van der Waals surface area contributed by atoms with Crippen molar-refractivity contribution in [2.75, 3.05) is 19.6 Å². The van der Waals surface area contributed by atoms with Crippen molar-refractivity contribution in [2.24, 2.45) is 5.73 Å². The first-order chi connectivity index (χ1) is 9.32. The number of carbonyl (C=O) groups excluding carboxylic acids is 1. The lowest BCUT2D eigenvalue weighted by Gasteiger charge is -2.26. The minimum absolute atomic E-state index is 0.0290. The Bertz CT molecular complexity index is 675. The molecule has 0 aromatic heterocycles. The summed E-state index contributed by atoms with van der Waals surface area (Å²) in [5.41, 5.74) is 5.95. The number of amides is 1. The average Bonchev–Trinajstić information content (AvgIpc) is 2.38. The third-order valence-electron chi connectivity index (χ3n) is 2.84. The predicted molar refractivity (Wildman–Crippen MR) is 79.1 cm³/mol. The van der Waals surface area contributed by atoms with E-state index in [1.54, 1.807) is 0 Å². The monoisotopic (exact) mass is 333 g/mol. The van der Waals surface area contributed by atoms with Gasteiger partial charge in [-0.25, -0.2) is 8.42 Å². The number of nitrogens with one attached hydrogen (secondary N) is 1. The van der Waals surface area contributed by atoms with Crippen molar-refractivity contribution >= 4 is 44.7 Å². The number of piperazine rings is 1. The quantitative estimate of drug-likeness (QED) is 0.765. The van der Waals surface area contributed by atoms with Crippen LogP contribution in [0.1, 0.15) is 5.56 Å². The molecule has 0 unspecified atom stereocenters. The van der Waals surface area contributed by atoms with E-state index in [4.69, 9.17) is 29.6 Å². The fourth-order valence-electron chi connectivity index (χ4n) is 1.82. The van der Waals surface area contributed by atoms with Crippen molar-refractivity contribution in [3.05, 3.63) is 28.8 Å². The Kier molecular flexibility index (Phi) is 4.28. The molecule has 108 valence electrons. The lowest BCUT2D eigenvalue weighted by molar-refractivity contribution is -0.122. The molecule has 0 saturated carbocycles. The van der Waals surface area contributed by atoms with Crippen molar-refractivity contribution in [3.63, 3.8) is 0 Å². The summed E-state index contributed by atoms with van der Waals surface area (Å²) in [6.07, 6.45) is 0. The normalized spacial score (nSPS) is 16.8. The first-order valence-electron chi connectivity index (χ1n) is 5.68. The molecular formula is C11H12ClN3O3S2. The summed E-state index contributed by atoms with van der Waals surface area (Å²) >= 11 is 10.8. The van der Waals surface area contributed by atoms with Gasteiger partial charge in [0.1, 0.15) is 9.88 Å². The number of sulfonamides is 1. The third kappa shape index (κ3) is 2.93. The molecule has 0 atom stereocenters. The van der Waals surface area contributed by atoms with Gasteiger partial charge in [0.05, 0.1) is 11.6 Å². The molecule has 0 radical (unpaired) electrons. The number of thiocarbonyl (C=S) groups is 1. The van der Waals surface area contributed by atoms with Gasteiger partial charge in [0, 0.05) is 18.7 Å². The molecule has 1 aromatic carbocycles. The van der Waals surface area contributed by atoms with Crippen LogP contribution in [0.15, 0.2) is 23.1 Å². The van der Waals surface area contributed by atoms with Crippen LogP contribution in [0.2, 0.25) is 5.02 Å². The molecular weight excluding hydrogens is 322 g/mol. The van der Waals surface area contributed by atoms with Crippen LogP contribution in [0.25, 0.3) is 0 Å². The second-order valence-corrected chi connectivity index (χ2v) is 6.95. The Morgan fingerprint density at radius 1 is 1.45 bits per heavy atom. The van der Waals surface area contributed by atoms with Gasteiger partial charge in [0.15, 0.2) is 0 Å². The lowest BCUT2D eigenvalue weighted by atomic mass is 10.2. The number of nitrogens with two attached hydrogens (primary N) is 1. The fraction of sp³-hybridized carbons (Fsp3) is 0.273. The second kappa shape index (κ2) is 5.65. The van der Waals surface area contributed by atoms with Crippen LogP contribution in [0.5, 0.6) is 0 Å². The van der Waals surface area contributed by atoms with E-state index in [1.165, 1.54) is 18.2 Å². The molecule has 1 aromatic rings.